The number of benzene rings is 2. The minimum absolute atomic E-state index is 0.255. The van der Waals surface area contributed by atoms with Crippen LogP contribution >= 0.6 is 0 Å². The number of halogens is 3. The van der Waals surface area contributed by atoms with E-state index in [0.29, 0.717) is 61.2 Å². The monoisotopic (exact) mass is 511 g/mol. The number of hydrogen-bond acceptors (Lipinski definition) is 6. The van der Waals surface area contributed by atoms with Crippen LogP contribution in [0.3, 0.4) is 0 Å². The van der Waals surface area contributed by atoms with Crippen LogP contribution in [0.15, 0.2) is 42.6 Å². The lowest BCUT2D eigenvalue weighted by Gasteiger charge is -2.39. The number of aromatic nitrogens is 1. The molecule has 1 saturated heterocycles. The largest absolute Gasteiger partial charge is 0.497 e. The van der Waals surface area contributed by atoms with Crippen molar-refractivity contribution in [3.8, 4) is 17.6 Å². The van der Waals surface area contributed by atoms with Crippen LogP contribution < -0.4 is 4.74 Å². The van der Waals surface area contributed by atoms with Crippen molar-refractivity contribution in [3.05, 3.63) is 71.2 Å². The zero-order valence-corrected chi connectivity index (χ0v) is 20.8. The molecular formula is C28H28F3N3O3. The van der Waals surface area contributed by atoms with E-state index in [0.717, 1.165) is 12.1 Å². The Morgan fingerprint density at radius 3 is 2.62 bits per heavy atom. The summed E-state index contributed by atoms with van der Waals surface area (Å²) < 4.78 is 52.6. The van der Waals surface area contributed by atoms with E-state index < -0.39 is 17.7 Å². The summed E-state index contributed by atoms with van der Waals surface area (Å²) in [6.45, 7) is 2.37. The van der Waals surface area contributed by atoms with Crippen LogP contribution in [-0.4, -0.2) is 73.7 Å². The zero-order chi connectivity index (χ0) is 26.4. The molecule has 1 aliphatic rings. The van der Waals surface area contributed by atoms with Crippen LogP contribution in [0, 0.1) is 29.3 Å². The highest BCUT2D eigenvalue weighted by molar-refractivity contribution is 5.83. The molecule has 0 saturated carbocycles. The number of nitrogens with zero attached hydrogens (tertiary/aromatic N) is 3. The van der Waals surface area contributed by atoms with Crippen LogP contribution in [0.4, 0.5) is 13.2 Å². The van der Waals surface area contributed by atoms with E-state index >= 15 is 0 Å². The third-order valence-corrected chi connectivity index (χ3v) is 6.53. The molecule has 1 fully saturated rings. The second kappa shape index (κ2) is 12.1. The first-order valence-corrected chi connectivity index (χ1v) is 12.0. The Morgan fingerprint density at radius 1 is 1.11 bits per heavy atom. The molecule has 1 atom stereocenters. The summed E-state index contributed by atoms with van der Waals surface area (Å²) in [7, 11) is 2.90. The van der Waals surface area contributed by atoms with Crippen LogP contribution in [0.2, 0.25) is 0 Å². The molecule has 4 rings (SSSR count). The molecule has 0 N–H and O–H groups in total. The molecule has 3 aromatic rings. The van der Waals surface area contributed by atoms with Crippen molar-refractivity contribution in [2.24, 2.45) is 0 Å². The Morgan fingerprint density at radius 2 is 1.89 bits per heavy atom. The highest BCUT2D eigenvalue weighted by Gasteiger charge is 2.32. The van der Waals surface area contributed by atoms with Gasteiger partial charge in [0, 0.05) is 25.0 Å². The van der Waals surface area contributed by atoms with Gasteiger partial charge in [0.05, 0.1) is 38.0 Å². The maximum Gasteiger partial charge on any atom is 0.324 e. The van der Waals surface area contributed by atoms with Crippen LogP contribution in [0.1, 0.15) is 17.5 Å². The number of ether oxygens (including phenoxy) is 2. The summed E-state index contributed by atoms with van der Waals surface area (Å²) in [6, 6.07) is 8.46. The molecule has 0 aliphatic carbocycles. The Labute approximate surface area is 214 Å². The standard InChI is InChI=1S/C28H28F3N3O3/c1-36-19-10-11-26-22(16-19)20(25(31)17-32-26)6-5-13-34-15-14-33(18-27(34)28(35)37-2)12-4-7-21-23(29)8-3-9-24(21)30/h3,8-11,16-17,27H,5-6,12-15,18H2,1-2H3/t27-/m1/s1. The number of aryl methyl sites for hydroxylation is 1. The molecule has 0 amide bonds. The third kappa shape index (κ3) is 6.21. The van der Waals surface area contributed by atoms with Gasteiger partial charge in [-0.1, -0.05) is 17.9 Å². The van der Waals surface area contributed by atoms with Crippen LogP contribution in [0.25, 0.3) is 10.9 Å². The molecule has 1 aliphatic heterocycles. The van der Waals surface area contributed by atoms with Gasteiger partial charge in [0.2, 0.25) is 0 Å². The number of hydrogen-bond donors (Lipinski definition) is 0. The fraction of sp³-hybridized carbons (Fsp3) is 0.357. The molecule has 9 heteroatoms. The predicted octanol–water partition coefficient (Wildman–Crippen LogP) is 3.80. The van der Waals surface area contributed by atoms with Crippen molar-refractivity contribution >= 4 is 16.9 Å². The summed E-state index contributed by atoms with van der Waals surface area (Å²) in [6.07, 6.45) is 2.31. The van der Waals surface area contributed by atoms with Gasteiger partial charge in [-0.3, -0.25) is 19.6 Å². The van der Waals surface area contributed by atoms with Crippen LogP contribution in [0.5, 0.6) is 5.75 Å². The van der Waals surface area contributed by atoms with Gasteiger partial charge in [-0.05, 0) is 55.3 Å². The fourth-order valence-electron chi connectivity index (χ4n) is 4.55. The number of piperazine rings is 1. The molecule has 2 heterocycles. The number of fused-ring (bicyclic) bond motifs is 1. The maximum absolute atomic E-state index is 14.7. The summed E-state index contributed by atoms with van der Waals surface area (Å²) in [5.74, 6) is 3.84. The highest BCUT2D eigenvalue weighted by atomic mass is 19.1. The van der Waals surface area contributed by atoms with Gasteiger partial charge >= 0.3 is 5.97 Å². The van der Waals surface area contributed by atoms with E-state index in [2.05, 4.69) is 16.8 Å². The first kappa shape index (κ1) is 26.5. The predicted molar refractivity (Wildman–Crippen MR) is 134 cm³/mol. The Bertz CT molecular complexity index is 1320. The Kier molecular flexibility index (Phi) is 8.64. The van der Waals surface area contributed by atoms with E-state index in [1.165, 1.54) is 19.4 Å². The number of esters is 1. The van der Waals surface area contributed by atoms with E-state index in [9.17, 15) is 18.0 Å². The Hall–Kier alpha value is -3.61. The van der Waals surface area contributed by atoms with Gasteiger partial charge in [-0.25, -0.2) is 13.2 Å². The zero-order valence-electron chi connectivity index (χ0n) is 20.8. The number of carbonyl (C=O) groups is 1. The quantitative estimate of drug-likeness (QED) is 0.355. The normalized spacial score (nSPS) is 16.3. The van der Waals surface area contributed by atoms with Crippen molar-refractivity contribution in [2.75, 3.05) is 46.9 Å². The van der Waals surface area contributed by atoms with Gasteiger partial charge in [-0.15, -0.1) is 0 Å². The van der Waals surface area contributed by atoms with Crippen molar-refractivity contribution in [1.29, 1.82) is 0 Å². The second-order valence-corrected chi connectivity index (χ2v) is 8.78. The van der Waals surface area contributed by atoms with Crippen molar-refractivity contribution in [1.82, 2.24) is 14.8 Å². The van der Waals surface area contributed by atoms with E-state index in [1.807, 2.05) is 9.80 Å². The topological polar surface area (TPSA) is 54.9 Å². The number of carbonyl (C=O) groups excluding carboxylic acids is 1. The minimum atomic E-state index is -0.707. The van der Waals surface area contributed by atoms with Crippen molar-refractivity contribution in [3.63, 3.8) is 0 Å². The van der Waals surface area contributed by atoms with E-state index in [-0.39, 0.29) is 23.9 Å². The molecule has 2 aromatic carbocycles. The summed E-state index contributed by atoms with van der Waals surface area (Å²) >= 11 is 0. The summed E-state index contributed by atoms with van der Waals surface area (Å²) in [4.78, 5) is 20.7. The number of rotatable bonds is 7. The lowest BCUT2D eigenvalue weighted by molar-refractivity contribution is -0.149. The second-order valence-electron chi connectivity index (χ2n) is 8.78. The van der Waals surface area contributed by atoms with Gasteiger partial charge in [0.1, 0.15) is 29.2 Å². The van der Waals surface area contributed by atoms with Crippen LogP contribution in [-0.2, 0) is 16.0 Å². The minimum Gasteiger partial charge on any atom is -0.497 e. The summed E-state index contributed by atoms with van der Waals surface area (Å²) in [5, 5.41) is 0.707. The lowest BCUT2D eigenvalue weighted by atomic mass is 10.0. The van der Waals surface area contributed by atoms with Gasteiger partial charge in [0.15, 0.2) is 0 Å². The van der Waals surface area contributed by atoms with Crippen molar-refractivity contribution < 1.29 is 27.4 Å². The molecule has 0 bridgehead atoms. The molecule has 0 unspecified atom stereocenters. The Balaban J connectivity index is 1.40. The fourth-order valence-corrected chi connectivity index (χ4v) is 4.55. The molecule has 0 spiro atoms. The molecular weight excluding hydrogens is 483 g/mol. The highest BCUT2D eigenvalue weighted by Crippen LogP contribution is 2.26. The average Bonchev–Trinajstić information content (AvgIpc) is 2.91. The molecule has 194 valence electrons. The maximum atomic E-state index is 14.7. The molecule has 0 radical (unpaired) electrons. The smallest absolute Gasteiger partial charge is 0.324 e. The van der Waals surface area contributed by atoms with E-state index in [4.69, 9.17) is 9.47 Å². The SMILES string of the molecule is COC(=O)[C@H]1CN(CC#Cc2c(F)cccc2F)CCN1CCCc1c(F)cnc2ccc(OC)cc12. The first-order valence-electron chi connectivity index (χ1n) is 12.0. The van der Waals surface area contributed by atoms with Gasteiger partial charge < -0.3 is 9.47 Å². The summed E-state index contributed by atoms with van der Waals surface area (Å²) in [5.41, 5.74) is 0.988. The first-order chi connectivity index (χ1) is 17.9. The number of methoxy groups -OCH3 is 2. The third-order valence-electron chi connectivity index (χ3n) is 6.53. The van der Waals surface area contributed by atoms with Gasteiger partial charge in [0.25, 0.3) is 0 Å². The average molecular weight is 512 g/mol. The molecule has 6 nitrogen and oxygen atoms in total. The van der Waals surface area contributed by atoms with Gasteiger partial charge in [-0.2, -0.15) is 0 Å². The lowest BCUT2D eigenvalue weighted by Crippen LogP contribution is -2.56. The molecule has 1 aromatic heterocycles. The van der Waals surface area contributed by atoms with Crippen molar-refractivity contribution in [2.45, 2.75) is 18.9 Å². The molecule has 37 heavy (non-hydrogen) atoms. The van der Waals surface area contributed by atoms with E-state index in [1.54, 1.807) is 25.3 Å². The number of pyridine rings is 1.